The number of esters is 1. The molecule has 0 aliphatic heterocycles. The highest BCUT2D eigenvalue weighted by Gasteiger charge is 2.18. The van der Waals surface area contributed by atoms with Crippen LogP contribution in [0.5, 0.6) is 0 Å². The van der Waals surface area contributed by atoms with Crippen LogP contribution in [-0.4, -0.2) is 17.6 Å². The number of nitrogens with zero attached hydrogens (tertiary/aromatic N) is 1. The Bertz CT molecular complexity index is 411. The molecule has 2 rings (SSSR count). The minimum absolute atomic E-state index is 0.0240. The minimum Gasteiger partial charge on any atom is -0.466 e. The van der Waals surface area contributed by atoms with Gasteiger partial charge in [-0.1, -0.05) is 18.9 Å². The fourth-order valence-corrected chi connectivity index (χ4v) is 2.69. The van der Waals surface area contributed by atoms with Gasteiger partial charge in [0.2, 0.25) is 0 Å². The van der Waals surface area contributed by atoms with Gasteiger partial charge in [-0.25, -0.2) is 0 Å². The van der Waals surface area contributed by atoms with E-state index in [2.05, 4.69) is 4.98 Å². The van der Waals surface area contributed by atoms with Gasteiger partial charge in [0, 0.05) is 17.8 Å². The van der Waals surface area contributed by atoms with Crippen LogP contribution in [0.3, 0.4) is 0 Å². The maximum atomic E-state index is 11.6. The summed E-state index contributed by atoms with van der Waals surface area (Å²) in [7, 11) is 0. The van der Waals surface area contributed by atoms with E-state index < -0.39 is 0 Å². The molecular weight excluding hydrogens is 238 g/mol. The second kappa shape index (κ2) is 7.27. The first-order chi connectivity index (χ1) is 9.24. The van der Waals surface area contributed by atoms with Crippen molar-refractivity contribution in [1.82, 2.24) is 4.98 Å². The average molecular weight is 261 g/mol. The summed E-state index contributed by atoms with van der Waals surface area (Å²) in [6.45, 7) is 2.51. The molecule has 1 aromatic heterocycles. The van der Waals surface area contributed by atoms with Crippen LogP contribution in [0.2, 0.25) is 0 Å². The Morgan fingerprint density at radius 1 is 1.37 bits per heavy atom. The van der Waals surface area contributed by atoms with Gasteiger partial charge in [-0.15, -0.1) is 0 Å². The van der Waals surface area contributed by atoms with Crippen LogP contribution in [-0.2, 0) is 16.0 Å². The molecule has 19 heavy (non-hydrogen) atoms. The first-order valence-corrected chi connectivity index (χ1v) is 7.32. The van der Waals surface area contributed by atoms with Crippen molar-refractivity contribution in [3.63, 3.8) is 0 Å². The zero-order valence-corrected chi connectivity index (χ0v) is 11.7. The summed E-state index contributed by atoms with van der Waals surface area (Å²) in [5.74, 6) is 0.551. The normalized spacial score (nSPS) is 15.6. The standard InChI is InChI=1S/C16H23NO2/c1-13-6-4-9-15(17-13)10-5-11-19-16(18)12-14-7-2-3-8-14/h4,6,9,14H,2-3,5,7-8,10-12H2,1H3. The highest BCUT2D eigenvalue weighted by molar-refractivity contribution is 5.69. The Kier molecular flexibility index (Phi) is 5.37. The topological polar surface area (TPSA) is 39.2 Å². The number of aromatic nitrogens is 1. The molecule has 1 saturated carbocycles. The number of rotatable bonds is 6. The predicted octanol–water partition coefficient (Wildman–Crippen LogP) is 3.45. The molecule has 3 heteroatoms. The van der Waals surface area contributed by atoms with Gasteiger partial charge in [-0.05, 0) is 50.7 Å². The van der Waals surface area contributed by atoms with E-state index in [4.69, 9.17) is 4.74 Å². The Morgan fingerprint density at radius 2 is 2.16 bits per heavy atom. The zero-order valence-electron chi connectivity index (χ0n) is 11.7. The fourth-order valence-electron chi connectivity index (χ4n) is 2.69. The van der Waals surface area contributed by atoms with Gasteiger partial charge in [0.25, 0.3) is 0 Å². The molecule has 0 amide bonds. The van der Waals surface area contributed by atoms with Gasteiger partial charge in [-0.3, -0.25) is 9.78 Å². The monoisotopic (exact) mass is 261 g/mol. The zero-order chi connectivity index (χ0) is 13.5. The van der Waals surface area contributed by atoms with Gasteiger partial charge in [-0.2, -0.15) is 0 Å². The van der Waals surface area contributed by atoms with Crippen LogP contribution in [0.15, 0.2) is 18.2 Å². The largest absolute Gasteiger partial charge is 0.466 e. The van der Waals surface area contributed by atoms with Crippen molar-refractivity contribution in [3.05, 3.63) is 29.6 Å². The molecule has 0 N–H and O–H groups in total. The number of hydrogen-bond acceptors (Lipinski definition) is 3. The van der Waals surface area contributed by atoms with Crippen LogP contribution in [0.4, 0.5) is 0 Å². The molecule has 0 atom stereocenters. The van der Waals surface area contributed by atoms with Crippen molar-refractivity contribution in [2.45, 2.75) is 51.9 Å². The molecule has 0 aromatic carbocycles. The molecule has 1 aliphatic rings. The Hall–Kier alpha value is -1.38. The lowest BCUT2D eigenvalue weighted by molar-refractivity contribution is -0.144. The second-order valence-corrected chi connectivity index (χ2v) is 5.45. The third-order valence-electron chi connectivity index (χ3n) is 3.72. The van der Waals surface area contributed by atoms with Crippen LogP contribution in [0.1, 0.15) is 49.9 Å². The van der Waals surface area contributed by atoms with Gasteiger partial charge in [0.1, 0.15) is 0 Å². The molecule has 1 aromatic rings. The minimum atomic E-state index is -0.0240. The lowest BCUT2D eigenvalue weighted by Gasteiger charge is -2.09. The van der Waals surface area contributed by atoms with E-state index in [0.717, 1.165) is 24.2 Å². The lowest BCUT2D eigenvalue weighted by atomic mass is 10.0. The molecule has 1 aliphatic carbocycles. The van der Waals surface area contributed by atoms with Gasteiger partial charge < -0.3 is 4.74 Å². The molecular formula is C16H23NO2. The third-order valence-corrected chi connectivity index (χ3v) is 3.72. The molecule has 1 heterocycles. The molecule has 0 spiro atoms. The number of carbonyl (C=O) groups excluding carboxylic acids is 1. The van der Waals surface area contributed by atoms with E-state index in [9.17, 15) is 4.79 Å². The van der Waals surface area contributed by atoms with E-state index in [1.165, 1.54) is 25.7 Å². The molecule has 0 saturated heterocycles. The Labute approximate surface area is 115 Å². The number of ether oxygens (including phenoxy) is 1. The Morgan fingerprint density at radius 3 is 2.89 bits per heavy atom. The first kappa shape index (κ1) is 14.0. The molecule has 3 nitrogen and oxygen atoms in total. The van der Waals surface area contributed by atoms with E-state index in [0.29, 0.717) is 18.9 Å². The van der Waals surface area contributed by atoms with Crippen molar-refractivity contribution >= 4 is 5.97 Å². The molecule has 0 bridgehead atoms. The summed E-state index contributed by atoms with van der Waals surface area (Å²) < 4.78 is 5.29. The summed E-state index contributed by atoms with van der Waals surface area (Å²) in [6.07, 6.45) is 7.28. The number of aryl methyl sites for hydroxylation is 2. The van der Waals surface area contributed by atoms with Crippen LogP contribution in [0, 0.1) is 12.8 Å². The van der Waals surface area contributed by atoms with Crippen molar-refractivity contribution in [3.8, 4) is 0 Å². The molecule has 104 valence electrons. The highest BCUT2D eigenvalue weighted by atomic mass is 16.5. The molecule has 0 radical (unpaired) electrons. The quantitative estimate of drug-likeness (QED) is 0.581. The Balaban J connectivity index is 1.59. The van der Waals surface area contributed by atoms with Gasteiger partial charge in [0.15, 0.2) is 0 Å². The SMILES string of the molecule is Cc1cccc(CCCOC(=O)CC2CCCC2)n1. The predicted molar refractivity (Wildman–Crippen MR) is 74.8 cm³/mol. The number of pyridine rings is 1. The van der Waals surface area contributed by atoms with Crippen molar-refractivity contribution in [2.75, 3.05) is 6.61 Å². The number of carbonyl (C=O) groups is 1. The van der Waals surface area contributed by atoms with Crippen LogP contribution in [0.25, 0.3) is 0 Å². The van der Waals surface area contributed by atoms with E-state index in [-0.39, 0.29) is 5.97 Å². The van der Waals surface area contributed by atoms with E-state index in [1.54, 1.807) is 0 Å². The molecule has 1 fully saturated rings. The third kappa shape index (κ3) is 5.01. The summed E-state index contributed by atoms with van der Waals surface area (Å²) in [5, 5.41) is 0. The lowest BCUT2D eigenvalue weighted by Crippen LogP contribution is -2.11. The van der Waals surface area contributed by atoms with Gasteiger partial charge >= 0.3 is 5.97 Å². The van der Waals surface area contributed by atoms with E-state index >= 15 is 0 Å². The summed E-state index contributed by atoms with van der Waals surface area (Å²) in [5.41, 5.74) is 2.11. The summed E-state index contributed by atoms with van der Waals surface area (Å²) >= 11 is 0. The van der Waals surface area contributed by atoms with Crippen molar-refractivity contribution in [1.29, 1.82) is 0 Å². The fraction of sp³-hybridized carbons (Fsp3) is 0.625. The van der Waals surface area contributed by atoms with Crippen LogP contribution >= 0.6 is 0 Å². The van der Waals surface area contributed by atoms with Crippen molar-refractivity contribution in [2.24, 2.45) is 5.92 Å². The van der Waals surface area contributed by atoms with E-state index in [1.807, 2.05) is 25.1 Å². The molecule has 0 unspecified atom stereocenters. The van der Waals surface area contributed by atoms with Crippen molar-refractivity contribution < 1.29 is 9.53 Å². The number of hydrogen-bond donors (Lipinski definition) is 0. The second-order valence-electron chi connectivity index (χ2n) is 5.45. The van der Waals surface area contributed by atoms with Crippen LogP contribution < -0.4 is 0 Å². The summed E-state index contributed by atoms with van der Waals surface area (Å²) in [4.78, 5) is 16.1. The average Bonchev–Trinajstić information content (AvgIpc) is 2.87. The highest BCUT2D eigenvalue weighted by Crippen LogP contribution is 2.27. The maximum Gasteiger partial charge on any atom is 0.306 e. The maximum absolute atomic E-state index is 11.6. The first-order valence-electron chi connectivity index (χ1n) is 7.32. The van der Waals surface area contributed by atoms with Gasteiger partial charge in [0.05, 0.1) is 6.61 Å². The smallest absolute Gasteiger partial charge is 0.306 e. The summed E-state index contributed by atoms with van der Waals surface area (Å²) in [6, 6.07) is 6.03.